The van der Waals surface area contributed by atoms with Gasteiger partial charge in [-0.25, -0.2) is 0 Å². The van der Waals surface area contributed by atoms with Crippen molar-refractivity contribution in [1.82, 2.24) is 5.32 Å². The SMILES string of the molecule is CNC(C#N)(COC1CCCC(OC)C1)c1ccccc1. The second kappa shape index (κ2) is 7.56. The fourth-order valence-electron chi connectivity index (χ4n) is 2.89. The number of nitriles is 1. The molecule has 4 nitrogen and oxygen atoms in total. The van der Waals surface area contributed by atoms with Crippen LogP contribution in [0.4, 0.5) is 0 Å². The lowest BCUT2D eigenvalue weighted by Crippen LogP contribution is -2.44. The molecule has 1 aromatic carbocycles. The summed E-state index contributed by atoms with van der Waals surface area (Å²) in [6.45, 7) is 0.352. The lowest BCUT2D eigenvalue weighted by Gasteiger charge is -2.32. The topological polar surface area (TPSA) is 54.3 Å². The molecule has 1 fully saturated rings. The van der Waals surface area contributed by atoms with Gasteiger partial charge in [0.05, 0.1) is 24.9 Å². The normalized spacial score (nSPS) is 25.0. The molecule has 0 bridgehead atoms. The van der Waals surface area contributed by atoms with Crippen molar-refractivity contribution in [2.75, 3.05) is 20.8 Å². The standard InChI is InChI=1S/C17H24N2O2/c1-19-17(12-18,14-7-4-3-5-8-14)13-21-16-10-6-9-15(11-16)20-2/h3-5,7-8,15-16,19H,6,9-11,13H2,1-2H3. The Labute approximate surface area is 127 Å². The van der Waals surface area contributed by atoms with Crippen LogP contribution in [0.5, 0.6) is 0 Å². The van der Waals surface area contributed by atoms with Crippen LogP contribution in [0.15, 0.2) is 30.3 Å². The highest BCUT2D eigenvalue weighted by atomic mass is 16.5. The van der Waals surface area contributed by atoms with Gasteiger partial charge < -0.3 is 9.47 Å². The number of benzene rings is 1. The Morgan fingerprint density at radius 2 is 2.00 bits per heavy atom. The third-order valence-corrected chi connectivity index (χ3v) is 4.33. The predicted octanol–water partition coefficient (Wildman–Crippen LogP) is 2.60. The Hall–Kier alpha value is -1.41. The summed E-state index contributed by atoms with van der Waals surface area (Å²) in [4.78, 5) is 0. The van der Waals surface area contributed by atoms with Crippen molar-refractivity contribution in [3.05, 3.63) is 35.9 Å². The lowest BCUT2D eigenvalue weighted by molar-refractivity contribution is -0.0422. The van der Waals surface area contributed by atoms with Crippen molar-refractivity contribution < 1.29 is 9.47 Å². The maximum atomic E-state index is 9.64. The summed E-state index contributed by atoms with van der Waals surface area (Å²) in [6.07, 6.45) is 4.63. The molecule has 0 spiro atoms. The van der Waals surface area contributed by atoms with E-state index < -0.39 is 5.54 Å². The highest BCUT2D eigenvalue weighted by Crippen LogP contribution is 2.26. The van der Waals surface area contributed by atoms with Gasteiger partial charge in [-0.2, -0.15) is 5.26 Å². The van der Waals surface area contributed by atoms with Crippen LogP contribution in [0.2, 0.25) is 0 Å². The molecule has 0 aliphatic heterocycles. The molecule has 0 aromatic heterocycles. The first-order valence-electron chi connectivity index (χ1n) is 7.54. The zero-order valence-corrected chi connectivity index (χ0v) is 12.8. The highest BCUT2D eigenvalue weighted by molar-refractivity contribution is 5.31. The molecule has 0 amide bonds. The van der Waals surface area contributed by atoms with E-state index in [0.29, 0.717) is 6.61 Å². The van der Waals surface area contributed by atoms with Gasteiger partial charge in [0.1, 0.15) is 0 Å². The van der Waals surface area contributed by atoms with E-state index in [0.717, 1.165) is 31.2 Å². The van der Waals surface area contributed by atoms with Crippen LogP contribution in [0.3, 0.4) is 0 Å². The van der Waals surface area contributed by atoms with Crippen LogP contribution >= 0.6 is 0 Å². The lowest BCUT2D eigenvalue weighted by atomic mass is 9.91. The fourth-order valence-corrected chi connectivity index (χ4v) is 2.89. The highest BCUT2D eigenvalue weighted by Gasteiger charge is 2.33. The summed E-state index contributed by atoms with van der Waals surface area (Å²) in [5.74, 6) is 0. The number of hydrogen-bond donors (Lipinski definition) is 1. The molecule has 1 aliphatic carbocycles. The second-order valence-corrected chi connectivity index (χ2v) is 5.59. The van der Waals surface area contributed by atoms with E-state index in [1.54, 1.807) is 14.2 Å². The van der Waals surface area contributed by atoms with E-state index in [9.17, 15) is 5.26 Å². The number of nitrogens with one attached hydrogen (secondary N) is 1. The number of ether oxygens (including phenoxy) is 2. The second-order valence-electron chi connectivity index (χ2n) is 5.59. The first kappa shape index (κ1) is 16.0. The molecule has 114 valence electrons. The van der Waals surface area contributed by atoms with Crippen molar-refractivity contribution in [3.63, 3.8) is 0 Å². The Balaban J connectivity index is 2.02. The minimum absolute atomic E-state index is 0.175. The van der Waals surface area contributed by atoms with Crippen molar-refractivity contribution >= 4 is 0 Å². The molecular weight excluding hydrogens is 264 g/mol. The quantitative estimate of drug-likeness (QED) is 0.874. The van der Waals surface area contributed by atoms with Crippen LogP contribution in [-0.2, 0) is 15.0 Å². The smallest absolute Gasteiger partial charge is 0.155 e. The number of likely N-dealkylation sites (N-methyl/N-ethyl adjacent to an activating group) is 1. The number of nitrogens with zero attached hydrogens (tertiary/aromatic N) is 1. The van der Waals surface area contributed by atoms with E-state index in [-0.39, 0.29) is 12.2 Å². The molecule has 0 heterocycles. The summed E-state index contributed by atoms with van der Waals surface area (Å²) in [6, 6.07) is 12.1. The molecule has 21 heavy (non-hydrogen) atoms. The summed E-state index contributed by atoms with van der Waals surface area (Å²) in [5.41, 5.74) is 0.149. The van der Waals surface area contributed by atoms with Crippen molar-refractivity contribution in [3.8, 4) is 6.07 Å². The van der Waals surface area contributed by atoms with E-state index in [1.165, 1.54) is 0 Å². The van der Waals surface area contributed by atoms with Gasteiger partial charge in [-0.1, -0.05) is 30.3 Å². The van der Waals surface area contributed by atoms with Crippen molar-refractivity contribution in [2.24, 2.45) is 0 Å². The molecule has 2 rings (SSSR count). The van der Waals surface area contributed by atoms with Crippen molar-refractivity contribution in [1.29, 1.82) is 5.26 Å². The van der Waals surface area contributed by atoms with Crippen LogP contribution in [0.25, 0.3) is 0 Å². The number of rotatable bonds is 6. The van der Waals surface area contributed by atoms with Gasteiger partial charge in [-0.05, 0) is 38.3 Å². The zero-order chi connectivity index (χ0) is 15.1. The Bertz CT molecular complexity index is 471. The molecule has 3 atom stereocenters. The van der Waals surface area contributed by atoms with Gasteiger partial charge in [0.2, 0.25) is 0 Å². The van der Waals surface area contributed by atoms with Gasteiger partial charge in [-0.15, -0.1) is 0 Å². The van der Waals surface area contributed by atoms with Gasteiger partial charge in [0.25, 0.3) is 0 Å². The zero-order valence-electron chi connectivity index (χ0n) is 12.8. The minimum atomic E-state index is -0.790. The van der Waals surface area contributed by atoms with E-state index in [4.69, 9.17) is 9.47 Å². The molecule has 1 saturated carbocycles. The molecule has 3 unspecified atom stereocenters. The Morgan fingerprint density at radius 1 is 1.29 bits per heavy atom. The largest absolute Gasteiger partial charge is 0.381 e. The average Bonchev–Trinajstić information content (AvgIpc) is 2.57. The Morgan fingerprint density at radius 3 is 2.62 bits per heavy atom. The monoisotopic (exact) mass is 288 g/mol. The summed E-state index contributed by atoms with van der Waals surface area (Å²) in [7, 11) is 3.56. The van der Waals surface area contributed by atoms with Crippen LogP contribution in [0.1, 0.15) is 31.2 Å². The van der Waals surface area contributed by atoms with Crippen LogP contribution in [-0.4, -0.2) is 33.0 Å². The maximum absolute atomic E-state index is 9.64. The Kier molecular flexibility index (Phi) is 5.75. The molecule has 0 saturated heterocycles. The number of methoxy groups -OCH3 is 1. The van der Waals surface area contributed by atoms with Gasteiger partial charge in [-0.3, -0.25) is 5.32 Å². The van der Waals surface area contributed by atoms with Crippen LogP contribution < -0.4 is 5.32 Å². The third-order valence-electron chi connectivity index (χ3n) is 4.33. The summed E-state index contributed by atoms with van der Waals surface area (Å²) in [5, 5.41) is 12.8. The first-order chi connectivity index (χ1) is 10.2. The fraction of sp³-hybridized carbons (Fsp3) is 0.588. The summed E-state index contributed by atoms with van der Waals surface area (Å²) >= 11 is 0. The molecular formula is C17H24N2O2. The van der Waals surface area contributed by atoms with E-state index >= 15 is 0 Å². The number of hydrogen-bond acceptors (Lipinski definition) is 4. The van der Waals surface area contributed by atoms with Gasteiger partial charge in [0, 0.05) is 7.11 Å². The van der Waals surface area contributed by atoms with E-state index in [2.05, 4.69) is 11.4 Å². The maximum Gasteiger partial charge on any atom is 0.155 e. The molecule has 1 N–H and O–H groups in total. The molecule has 1 aliphatic rings. The third kappa shape index (κ3) is 3.82. The predicted molar refractivity (Wildman–Crippen MR) is 81.8 cm³/mol. The average molecular weight is 288 g/mol. The molecule has 1 aromatic rings. The molecule has 0 radical (unpaired) electrons. The van der Waals surface area contributed by atoms with Crippen LogP contribution in [0, 0.1) is 11.3 Å². The van der Waals surface area contributed by atoms with Crippen molar-refractivity contribution in [2.45, 2.75) is 43.4 Å². The summed E-state index contributed by atoms with van der Waals surface area (Å²) < 4.78 is 11.5. The molecule has 4 heteroatoms. The van der Waals surface area contributed by atoms with E-state index in [1.807, 2.05) is 30.3 Å². The van der Waals surface area contributed by atoms with Gasteiger partial charge >= 0.3 is 0 Å². The minimum Gasteiger partial charge on any atom is -0.381 e. The first-order valence-corrected chi connectivity index (χ1v) is 7.54. The van der Waals surface area contributed by atoms with Gasteiger partial charge in [0.15, 0.2) is 5.54 Å².